The molecule has 1 unspecified atom stereocenters. The second-order valence-electron chi connectivity index (χ2n) is 5.11. The zero-order chi connectivity index (χ0) is 14.7. The van der Waals surface area contributed by atoms with E-state index in [-0.39, 0.29) is 17.3 Å². The first kappa shape index (κ1) is 14.6. The Hall–Kier alpha value is -1.85. The summed E-state index contributed by atoms with van der Waals surface area (Å²) in [5, 5.41) is 2.61. The molecule has 110 valence electrons. The summed E-state index contributed by atoms with van der Waals surface area (Å²) in [7, 11) is 0. The lowest BCUT2D eigenvalue weighted by Crippen LogP contribution is -2.44. The van der Waals surface area contributed by atoms with Crippen LogP contribution in [-0.4, -0.2) is 29.9 Å². The van der Waals surface area contributed by atoms with Gasteiger partial charge in [-0.25, -0.2) is 8.78 Å². The molecule has 2 rings (SSSR count). The molecule has 1 aliphatic heterocycles. The van der Waals surface area contributed by atoms with Crippen molar-refractivity contribution in [2.75, 3.05) is 24.1 Å². The Labute approximate surface area is 116 Å². The van der Waals surface area contributed by atoms with Gasteiger partial charge in [0.05, 0.1) is 0 Å². The maximum atomic E-state index is 13.7. The Morgan fingerprint density at radius 2 is 1.80 bits per heavy atom. The molecule has 0 aliphatic carbocycles. The van der Waals surface area contributed by atoms with Gasteiger partial charge >= 0.3 is 0 Å². The lowest BCUT2D eigenvalue weighted by atomic mass is 10.1. The molecule has 3 N–H and O–H groups in total. The molecule has 0 bridgehead atoms. The molecule has 1 heterocycles. The van der Waals surface area contributed by atoms with E-state index in [2.05, 4.69) is 5.32 Å². The molecule has 1 amide bonds. The standard InChI is InChI=1S/C14H19F2N3O/c1-9(14(20)19-5-3-2-4-6-19)18-13-11(15)7-10(17)8-12(13)16/h7-9,18H,2-6,17H2,1H3. The largest absolute Gasteiger partial charge is 0.399 e. The molecule has 1 fully saturated rings. The monoisotopic (exact) mass is 283 g/mol. The van der Waals surface area contributed by atoms with Gasteiger partial charge < -0.3 is 16.0 Å². The van der Waals surface area contributed by atoms with Crippen LogP contribution >= 0.6 is 0 Å². The van der Waals surface area contributed by atoms with E-state index < -0.39 is 17.7 Å². The Morgan fingerprint density at radius 1 is 1.25 bits per heavy atom. The SMILES string of the molecule is CC(Nc1c(F)cc(N)cc1F)C(=O)N1CCCCC1. The van der Waals surface area contributed by atoms with Crippen LogP contribution in [0, 0.1) is 11.6 Å². The number of carbonyl (C=O) groups is 1. The van der Waals surface area contributed by atoms with Gasteiger partial charge in [0.1, 0.15) is 11.7 Å². The second-order valence-corrected chi connectivity index (χ2v) is 5.11. The summed E-state index contributed by atoms with van der Waals surface area (Å²) in [4.78, 5) is 13.9. The molecule has 1 atom stereocenters. The zero-order valence-corrected chi connectivity index (χ0v) is 11.5. The van der Waals surface area contributed by atoms with Crippen molar-refractivity contribution in [1.82, 2.24) is 4.90 Å². The molecule has 4 nitrogen and oxygen atoms in total. The van der Waals surface area contributed by atoms with Crippen molar-refractivity contribution in [2.45, 2.75) is 32.2 Å². The highest BCUT2D eigenvalue weighted by Crippen LogP contribution is 2.23. The number of carbonyl (C=O) groups excluding carboxylic acids is 1. The van der Waals surface area contributed by atoms with Crippen molar-refractivity contribution < 1.29 is 13.6 Å². The molecular weight excluding hydrogens is 264 g/mol. The number of nitrogen functional groups attached to an aromatic ring is 1. The maximum absolute atomic E-state index is 13.7. The third-order valence-electron chi connectivity index (χ3n) is 3.46. The molecule has 1 saturated heterocycles. The fourth-order valence-electron chi connectivity index (χ4n) is 2.40. The number of benzene rings is 1. The Kier molecular flexibility index (Phi) is 4.42. The quantitative estimate of drug-likeness (QED) is 0.837. The molecule has 20 heavy (non-hydrogen) atoms. The van der Waals surface area contributed by atoms with Crippen LogP contribution < -0.4 is 11.1 Å². The lowest BCUT2D eigenvalue weighted by Gasteiger charge is -2.29. The third kappa shape index (κ3) is 3.18. The first-order valence-electron chi connectivity index (χ1n) is 6.79. The summed E-state index contributed by atoms with van der Waals surface area (Å²) in [5.41, 5.74) is 5.06. The fraction of sp³-hybridized carbons (Fsp3) is 0.500. The average molecular weight is 283 g/mol. The van der Waals surface area contributed by atoms with Gasteiger partial charge in [0.2, 0.25) is 5.91 Å². The predicted octanol–water partition coefficient (Wildman–Crippen LogP) is 2.36. The number of nitrogens with two attached hydrogens (primary N) is 1. The van der Waals surface area contributed by atoms with Crippen LogP contribution in [0.15, 0.2) is 12.1 Å². The van der Waals surface area contributed by atoms with E-state index in [0.717, 1.165) is 31.4 Å². The summed E-state index contributed by atoms with van der Waals surface area (Å²) in [6.07, 6.45) is 3.07. The Balaban J connectivity index is 2.07. The number of rotatable bonds is 3. The zero-order valence-electron chi connectivity index (χ0n) is 11.5. The van der Waals surface area contributed by atoms with Gasteiger partial charge in [-0.3, -0.25) is 4.79 Å². The third-order valence-corrected chi connectivity index (χ3v) is 3.46. The van der Waals surface area contributed by atoms with Gasteiger partial charge in [-0.05, 0) is 38.3 Å². The van der Waals surface area contributed by atoms with E-state index >= 15 is 0 Å². The number of nitrogens with zero attached hydrogens (tertiary/aromatic N) is 1. The first-order valence-corrected chi connectivity index (χ1v) is 6.79. The molecule has 1 aromatic carbocycles. The minimum Gasteiger partial charge on any atom is -0.399 e. The Morgan fingerprint density at radius 3 is 2.35 bits per heavy atom. The number of piperidine rings is 1. The van der Waals surface area contributed by atoms with Crippen molar-refractivity contribution in [3.05, 3.63) is 23.8 Å². The van der Waals surface area contributed by atoms with E-state index in [1.165, 1.54) is 0 Å². The van der Waals surface area contributed by atoms with Crippen molar-refractivity contribution in [1.29, 1.82) is 0 Å². The number of amides is 1. The van der Waals surface area contributed by atoms with Crippen LogP contribution in [0.2, 0.25) is 0 Å². The van der Waals surface area contributed by atoms with Crippen LogP contribution in [0.5, 0.6) is 0 Å². The summed E-state index contributed by atoms with van der Waals surface area (Å²) < 4.78 is 27.3. The minimum absolute atomic E-state index is 0.0144. The van der Waals surface area contributed by atoms with Crippen LogP contribution in [0.3, 0.4) is 0 Å². The molecular formula is C14H19F2N3O. The van der Waals surface area contributed by atoms with Crippen molar-refractivity contribution in [3.8, 4) is 0 Å². The van der Waals surface area contributed by atoms with Crippen molar-refractivity contribution in [3.63, 3.8) is 0 Å². The second kappa shape index (κ2) is 6.07. The summed E-state index contributed by atoms with van der Waals surface area (Å²) in [6.45, 7) is 3.02. The highest BCUT2D eigenvalue weighted by molar-refractivity contribution is 5.84. The highest BCUT2D eigenvalue weighted by Gasteiger charge is 2.23. The highest BCUT2D eigenvalue weighted by atomic mass is 19.1. The average Bonchev–Trinajstić information content (AvgIpc) is 2.42. The van der Waals surface area contributed by atoms with Crippen LogP contribution in [0.1, 0.15) is 26.2 Å². The molecule has 6 heteroatoms. The van der Waals surface area contributed by atoms with Gasteiger partial charge in [0.25, 0.3) is 0 Å². The molecule has 1 aromatic rings. The predicted molar refractivity (Wildman–Crippen MR) is 74.3 cm³/mol. The molecule has 0 saturated carbocycles. The van der Waals surface area contributed by atoms with E-state index in [1.54, 1.807) is 11.8 Å². The first-order chi connectivity index (χ1) is 9.49. The fourth-order valence-corrected chi connectivity index (χ4v) is 2.40. The number of hydrogen-bond donors (Lipinski definition) is 2. The molecule has 0 aromatic heterocycles. The number of halogens is 2. The molecule has 1 aliphatic rings. The van der Waals surface area contributed by atoms with Crippen LogP contribution in [0.4, 0.5) is 20.2 Å². The molecule has 0 radical (unpaired) electrons. The van der Waals surface area contributed by atoms with Crippen molar-refractivity contribution >= 4 is 17.3 Å². The van der Waals surface area contributed by atoms with E-state index in [9.17, 15) is 13.6 Å². The lowest BCUT2D eigenvalue weighted by molar-refractivity contribution is -0.132. The molecule has 0 spiro atoms. The van der Waals surface area contributed by atoms with Gasteiger partial charge in [-0.2, -0.15) is 0 Å². The van der Waals surface area contributed by atoms with Crippen molar-refractivity contribution in [2.24, 2.45) is 0 Å². The Bertz CT molecular complexity index is 478. The summed E-state index contributed by atoms with van der Waals surface area (Å²) in [6, 6.07) is 1.38. The topological polar surface area (TPSA) is 58.4 Å². The van der Waals surface area contributed by atoms with E-state index in [4.69, 9.17) is 5.73 Å². The number of hydrogen-bond acceptors (Lipinski definition) is 3. The number of likely N-dealkylation sites (tertiary alicyclic amines) is 1. The van der Waals surface area contributed by atoms with E-state index in [0.29, 0.717) is 13.1 Å². The van der Waals surface area contributed by atoms with Gasteiger partial charge in [-0.1, -0.05) is 0 Å². The summed E-state index contributed by atoms with van der Waals surface area (Å²) >= 11 is 0. The number of nitrogens with one attached hydrogen (secondary N) is 1. The van der Waals surface area contributed by atoms with Gasteiger partial charge in [0, 0.05) is 18.8 Å². The summed E-state index contributed by atoms with van der Waals surface area (Å²) in [5.74, 6) is -1.72. The van der Waals surface area contributed by atoms with Crippen LogP contribution in [-0.2, 0) is 4.79 Å². The van der Waals surface area contributed by atoms with Gasteiger partial charge in [0.15, 0.2) is 11.6 Å². The number of anilines is 2. The van der Waals surface area contributed by atoms with Crippen LogP contribution in [0.25, 0.3) is 0 Å². The smallest absolute Gasteiger partial charge is 0.244 e. The normalized spacial score (nSPS) is 16.9. The maximum Gasteiger partial charge on any atom is 0.244 e. The van der Waals surface area contributed by atoms with E-state index in [1.807, 2.05) is 0 Å². The minimum atomic E-state index is -0.791. The van der Waals surface area contributed by atoms with Gasteiger partial charge in [-0.15, -0.1) is 0 Å².